The first-order valence-electron chi connectivity index (χ1n) is 10.8. The lowest BCUT2D eigenvalue weighted by molar-refractivity contribution is -0.121. The van der Waals surface area contributed by atoms with Crippen molar-refractivity contribution in [1.29, 1.82) is 0 Å². The average Bonchev–Trinajstić information content (AvgIpc) is 2.83. The standard InChI is InChI=1S/C28H18Cl2N2O3/c1-17-7-4-10-19(15-17)31-26(33)22(16-21-23(29)12-6-13-24(21)30)27(34)32(28(31)35)25-14-5-9-18-8-2-3-11-20(18)25/h2-16H,1H3/b22-16+. The van der Waals surface area contributed by atoms with E-state index in [9.17, 15) is 14.4 Å². The molecule has 35 heavy (non-hydrogen) atoms. The number of anilines is 2. The van der Waals surface area contributed by atoms with E-state index in [1.54, 1.807) is 48.5 Å². The van der Waals surface area contributed by atoms with Crippen LogP contribution in [0.5, 0.6) is 0 Å². The molecule has 0 bridgehead atoms. The molecule has 7 heteroatoms. The highest BCUT2D eigenvalue weighted by molar-refractivity contribution is 6.47. The Morgan fingerprint density at radius 2 is 1.34 bits per heavy atom. The van der Waals surface area contributed by atoms with Crippen LogP contribution in [0.1, 0.15) is 11.1 Å². The lowest BCUT2D eigenvalue weighted by Crippen LogP contribution is -2.57. The van der Waals surface area contributed by atoms with Crippen LogP contribution in [-0.4, -0.2) is 17.8 Å². The van der Waals surface area contributed by atoms with Gasteiger partial charge in [-0.25, -0.2) is 14.6 Å². The summed E-state index contributed by atoms with van der Waals surface area (Å²) in [6.07, 6.45) is 1.35. The van der Waals surface area contributed by atoms with Crippen LogP contribution in [0.4, 0.5) is 16.2 Å². The van der Waals surface area contributed by atoms with E-state index in [1.165, 1.54) is 6.08 Å². The fraction of sp³-hybridized carbons (Fsp3) is 0.0357. The fourth-order valence-electron chi connectivity index (χ4n) is 4.13. The summed E-state index contributed by atoms with van der Waals surface area (Å²) in [5.74, 6) is -1.51. The van der Waals surface area contributed by atoms with Gasteiger partial charge < -0.3 is 0 Å². The van der Waals surface area contributed by atoms with Gasteiger partial charge in [0.15, 0.2) is 0 Å². The zero-order chi connectivity index (χ0) is 24.7. The van der Waals surface area contributed by atoms with Gasteiger partial charge in [0, 0.05) is 21.0 Å². The summed E-state index contributed by atoms with van der Waals surface area (Å²) in [5, 5.41) is 2.11. The number of rotatable bonds is 3. The van der Waals surface area contributed by atoms with E-state index in [-0.39, 0.29) is 15.6 Å². The molecule has 172 valence electrons. The third-order valence-electron chi connectivity index (χ3n) is 5.81. The number of barbiturate groups is 1. The van der Waals surface area contributed by atoms with Gasteiger partial charge in [-0.3, -0.25) is 9.59 Å². The summed E-state index contributed by atoms with van der Waals surface area (Å²) < 4.78 is 0. The van der Waals surface area contributed by atoms with Crippen molar-refractivity contribution in [2.24, 2.45) is 0 Å². The minimum absolute atomic E-state index is 0.228. The van der Waals surface area contributed by atoms with Gasteiger partial charge in [-0.15, -0.1) is 0 Å². The summed E-state index contributed by atoms with van der Waals surface area (Å²) in [4.78, 5) is 43.2. The predicted molar refractivity (Wildman–Crippen MR) is 140 cm³/mol. The van der Waals surface area contributed by atoms with E-state index >= 15 is 0 Å². The van der Waals surface area contributed by atoms with Crippen LogP contribution in [0.25, 0.3) is 16.8 Å². The molecule has 4 amide bonds. The summed E-state index contributed by atoms with van der Waals surface area (Å²) in [7, 11) is 0. The maximum Gasteiger partial charge on any atom is 0.343 e. The molecule has 0 aromatic heterocycles. The van der Waals surface area contributed by atoms with Crippen molar-refractivity contribution in [3.8, 4) is 0 Å². The van der Waals surface area contributed by atoms with Gasteiger partial charge in [-0.2, -0.15) is 0 Å². The highest BCUT2D eigenvalue weighted by Crippen LogP contribution is 2.35. The maximum atomic E-state index is 13.8. The van der Waals surface area contributed by atoms with Gasteiger partial charge in [0.2, 0.25) is 0 Å². The van der Waals surface area contributed by atoms with Crippen molar-refractivity contribution in [3.63, 3.8) is 0 Å². The van der Waals surface area contributed by atoms with Gasteiger partial charge in [0.05, 0.1) is 11.4 Å². The molecule has 1 aliphatic heterocycles. The Bertz CT molecular complexity index is 1540. The summed E-state index contributed by atoms with van der Waals surface area (Å²) >= 11 is 12.7. The lowest BCUT2D eigenvalue weighted by atomic mass is 10.0. The van der Waals surface area contributed by atoms with Crippen molar-refractivity contribution < 1.29 is 14.4 Å². The number of aryl methyl sites for hydroxylation is 1. The second-order valence-electron chi connectivity index (χ2n) is 8.09. The van der Waals surface area contributed by atoms with Crippen molar-refractivity contribution in [1.82, 2.24) is 0 Å². The van der Waals surface area contributed by atoms with E-state index in [0.717, 1.165) is 20.7 Å². The first kappa shape index (κ1) is 22.8. The molecule has 4 aromatic carbocycles. The monoisotopic (exact) mass is 500 g/mol. The minimum atomic E-state index is -0.760. The average molecular weight is 501 g/mol. The van der Waals surface area contributed by atoms with E-state index in [2.05, 4.69) is 0 Å². The van der Waals surface area contributed by atoms with E-state index in [1.807, 2.05) is 43.3 Å². The van der Waals surface area contributed by atoms with Crippen LogP contribution in [0, 0.1) is 6.92 Å². The smallest absolute Gasteiger partial charge is 0.268 e. The Kier molecular flexibility index (Phi) is 5.89. The molecular formula is C28H18Cl2N2O3. The molecule has 0 atom stereocenters. The summed E-state index contributed by atoms with van der Waals surface area (Å²) in [5.41, 5.74) is 1.68. The van der Waals surface area contributed by atoms with Crippen molar-refractivity contribution >= 4 is 69.3 Å². The van der Waals surface area contributed by atoms with Gasteiger partial charge in [-0.05, 0) is 54.3 Å². The quantitative estimate of drug-likeness (QED) is 0.224. The number of fused-ring (bicyclic) bond motifs is 1. The van der Waals surface area contributed by atoms with Gasteiger partial charge in [-0.1, -0.05) is 77.8 Å². The van der Waals surface area contributed by atoms with Crippen LogP contribution in [0.3, 0.4) is 0 Å². The number of hydrogen-bond acceptors (Lipinski definition) is 3. The molecule has 0 aliphatic carbocycles. The third kappa shape index (κ3) is 3.99. The molecule has 0 spiro atoms. The predicted octanol–water partition coefficient (Wildman–Crippen LogP) is 7.04. The third-order valence-corrected chi connectivity index (χ3v) is 6.46. The summed E-state index contributed by atoms with van der Waals surface area (Å²) in [6, 6.07) is 23.9. The lowest BCUT2D eigenvalue weighted by Gasteiger charge is -2.34. The Balaban J connectivity index is 1.76. The summed E-state index contributed by atoms with van der Waals surface area (Å²) in [6.45, 7) is 1.86. The number of urea groups is 1. The molecule has 1 fully saturated rings. The Morgan fingerprint density at radius 3 is 2.09 bits per heavy atom. The molecule has 0 radical (unpaired) electrons. The van der Waals surface area contributed by atoms with Gasteiger partial charge >= 0.3 is 6.03 Å². The second-order valence-corrected chi connectivity index (χ2v) is 8.91. The highest BCUT2D eigenvalue weighted by atomic mass is 35.5. The number of carbonyl (C=O) groups excluding carboxylic acids is 3. The minimum Gasteiger partial charge on any atom is -0.268 e. The highest BCUT2D eigenvalue weighted by Gasteiger charge is 2.44. The largest absolute Gasteiger partial charge is 0.343 e. The number of amides is 4. The number of nitrogens with zero attached hydrogens (tertiary/aromatic N) is 2. The first-order valence-corrected chi connectivity index (χ1v) is 11.6. The Morgan fingerprint density at radius 1 is 0.714 bits per heavy atom. The molecule has 1 saturated heterocycles. The molecule has 5 rings (SSSR count). The number of benzene rings is 4. The van der Waals surface area contributed by atoms with Crippen molar-refractivity contribution in [2.75, 3.05) is 9.80 Å². The molecule has 4 aromatic rings. The van der Waals surface area contributed by atoms with E-state index in [4.69, 9.17) is 23.2 Å². The SMILES string of the molecule is Cc1cccc(N2C(=O)/C(=C\c3c(Cl)cccc3Cl)C(=O)N(c3cccc4ccccc34)C2=O)c1. The van der Waals surface area contributed by atoms with Crippen LogP contribution in [-0.2, 0) is 9.59 Å². The second kappa shape index (κ2) is 9.02. The fourth-order valence-corrected chi connectivity index (χ4v) is 4.64. The normalized spacial score (nSPS) is 15.4. The molecule has 0 unspecified atom stereocenters. The number of halogens is 2. The van der Waals surface area contributed by atoms with Gasteiger partial charge in [0.25, 0.3) is 11.8 Å². The number of carbonyl (C=O) groups is 3. The van der Waals surface area contributed by atoms with Gasteiger partial charge in [0.1, 0.15) is 5.57 Å². The maximum absolute atomic E-state index is 13.8. The molecule has 0 N–H and O–H groups in total. The van der Waals surface area contributed by atoms with Crippen molar-refractivity contribution in [3.05, 3.63) is 112 Å². The Labute approximate surface area is 211 Å². The zero-order valence-electron chi connectivity index (χ0n) is 18.5. The molecular weight excluding hydrogens is 483 g/mol. The van der Waals surface area contributed by atoms with Crippen LogP contribution < -0.4 is 9.80 Å². The molecule has 5 nitrogen and oxygen atoms in total. The molecule has 0 saturated carbocycles. The van der Waals surface area contributed by atoms with E-state index in [0.29, 0.717) is 22.3 Å². The topological polar surface area (TPSA) is 57.7 Å². The van der Waals surface area contributed by atoms with E-state index < -0.39 is 17.8 Å². The van der Waals surface area contributed by atoms with Crippen LogP contribution in [0.2, 0.25) is 10.0 Å². The number of imide groups is 2. The molecule has 1 heterocycles. The van der Waals surface area contributed by atoms with Crippen LogP contribution in [0.15, 0.2) is 90.5 Å². The van der Waals surface area contributed by atoms with Crippen LogP contribution >= 0.6 is 23.2 Å². The number of hydrogen-bond donors (Lipinski definition) is 0. The Hall–Kier alpha value is -3.93. The molecule has 1 aliphatic rings. The zero-order valence-corrected chi connectivity index (χ0v) is 20.0. The first-order chi connectivity index (χ1) is 16.9. The van der Waals surface area contributed by atoms with Crippen molar-refractivity contribution in [2.45, 2.75) is 6.92 Å².